The molecule has 2 aliphatic heterocycles. The third kappa shape index (κ3) is 4.77. The van der Waals surface area contributed by atoms with Crippen molar-refractivity contribution in [3.63, 3.8) is 0 Å². The molecule has 0 bridgehead atoms. The van der Waals surface area contributed by atoms with E-state index >= 15 is 0 Å². The maximum atomic E-state index is 12.2. The molecule has 0 aliphatic carbocycles. The molecule has 2 aromatic rings. The van der Waals surface area contributed by atoms with Crippen LogP contribution in [-0.4, -0.2) is 52.1 Å². The molecule has 4 rings (SSSR count). The fourth-order valence-corrected chi connectivity index (χ4v) is 4.62. The molecule has 2 heterocycles. The molecule has 2 aromatic carbocycles. The lowest BCUT2D eigenvalue weighted by molar-refractivity contribution is -0.536. The highest BCUT2D eigenvalue weighted by Gasteiger charge is 2.54. The van der Waals surface area contributed by atoms with Crippen molar-refractivity contribution in [1.29, 1.82) is 0 Å². The summed E-state index contributed by atoms with van der Waals surface area (Å²) >= 11 is 18.4. The van der Waals surface area contributed by atoms with Gasteiger partial charge in [-0.2, -0.15) is 0 Å². The second-order valence-corrected chi connectivity index (χ2v) is 9.81. The Labute approximate surface area is 195 Å². The van der Waals surface area contributed by atoms with Crippen LogP contribution >= 0.6 is 34.8 Å². The van der Waals surface area contributed by atoms with Gasteiger partial charge in [0.25, 0.3) is 6.04 Å². The van der Waals surface area contributed by atoms with Gasteiger partial charge in [0.05, 0.1) is 19.1 Å². The van der Waals surface area contributed by atoms with Crippen LogP contribution in [0.1, 0.15) is 17.0 Å². The van der Waals surface area contributed by atoms with Crippen molar-refractivity contribution in [3.8, 4) is 5.75 Å². The Kier molecular flexibility index (Phi) is 6.63. The first-order chi connectivity index (χ1) is 14.9. The molecular formula is C22H21Cl3N2O4. The highest BCUT2D eigenvalue weighted by molar-refractivity contribution is 6.68. The van der Waals surface area contributed by atoms with Gasteiger partial charge in [-0.15, -0.1) is 0 Å². The molecule has 31 heavy (non-hydrogen) atoms. The van der Waals surface area contributed by atoms with Gasteiger partial charge in [-0.3, -0.25) is 10.1 Å². The van der Waals surface area contributed by atoms with Crippen molar-refractivity contribution in [2.24, 2.45) is 0 Å². The molecule has 0 unspecified atom stereocenters. The van der Waals surface area contributed by atoms with Crippen LogP contribution in [-0.2, 0) is 4.74 Å². The van der Waals surface area contributed by atoms with Crippen LogP contribution in [0.5, 0.6) is 5.75 Å². The minimum absolute atomic E-state index is 0.411. The normalized spacial score (nSPS) is 24.3. The first-order valence-corrected chi connectivity index (χ1v) is 11.1. The molecule has 9 heteroatoms. The van der Waals surface area contributed by atoms with Crippen LogP contribution in [0.15, 0.2) is 60.7 Å². The number of nitro groups is 1. The average Bonchev–Trinajstić information content (AvgIpc) is 2.77. The number of rotatable bonds is 4. The van der Waals surface area contributed by atoms with Crippen LogP contribution in [0.25, 0.3) is 5.70 Å². The second-order valence-electron chi connectivity index (χ2n) is 7.44. The van der Waals surface area contributed by atoms with Crippen LogP contribution in [0, 0.1) is 10.1 Å². The quantitative estimate of drug-likeness (QED) is 0.351. The molecule has 6 nitrogen and oxygen atoms in total. The summed E-state index contributed by atoms with van der Waals surface area (Å²) in [7, 11) is 0. The molecule has 2 aliphatic rings. The van der Waals surface area contributed by atoms with Gasteiger partial charge in [-0.1, -0.05) is 83.3 Å². The second kappa shape index (κ2) is 9.25. The molecule has 0 N–H and O–H groups in total. The first-order valence-electron chi connectivity index (χ1n) is 9.92. The fraction of sp³-hybridized carbons (Fsp3) is 0.364. The number of alkyl halides is 3. The summed E-state index contributed by atoms with van der Waals surface area (Å²) in [6, 6.07) is 15.7. The molecule has 0 aromatic heterocycles. The summed E-state index contributed by atoms with van der Waals surface area (Å²) in [5, 5.41) is 12.2. The van der Waals surface area contributed by atoms with E-state index in [1.165, 1.54) is 0 Å². The maximum absolute atomic E-state index is 12.2. The zero-order valence-corrected chi connectivity index (χ0v) is 18.8. The van der Waals surface area contributed by atoms with E-state index < -0.39 is 26.8 Å². The fourth-order valence-electron chi connectivity index (χ4n) is 4.10. The molecule has 1 fully saturated rings. The highest BCUT2D eigenvalue weighted by Crippen LogP contribution is 2.46. The third-order valence-electron chi connectivity index (χ3n) is 5.53. The molecule has 0 saturated carbocycles. The van der Waals surface area contributed by atoms with Gasteiger partial charge in [-0.25, -0.2) is 0 Å². The molecule has 1 saturated heterocycles. The lowest BCUT2D eigenvalue weighted by Crippen LogP contribution is -2.52. The summed E-state index contributed by atoms with van der Waals surface area (Å²) < 4.78 is 9.37. The van der Waals surface area contributed by atoms with Crippen molar-refractivity contribution in [2.75, 3.05) is 26.3 Å². The topological polar surface area (TPSA) is 64.8 Å². The van der Waals surface area contributed by atoms with Crippen LogP contribution in [0.2, 0.25) is 0 Å². The molecule has 3 atom stereocenters. The number of nitrogens with zero attached hydrogens (tertiary/aromatic N) is 2. The number of halogens is 3. The van der Waals surface area contributed by atoms with Crippen molar-refractivity contribution < 1.29 is 14.4 Å². The minimum atomic E-state index is -1.97. The van der Waals surface area contributed by atoms with Gasteiger partial charge < -0.3 is 14.4 Å². The Morgan fingerprint density at radius 2 is 1.71 bits per heavy atom. The van der Waals surface area contributed by atoms with Gasteiger partial charge in [-0.05, 0) is 17.7 Å². The maximum Gasteiger partial charge on any atom is 0.263 e. The zero-order chi connectivity index (χ0) is 22.0. The molecule has 0 spiro atoms. The Morgan fingerprint density at radius 1 is 1.06 bits per heavy atom. The predicted octanol–water partition coefficient (Wildman–Crippen LogP) is 4.92. The Hall–Kier alpha value is -1.99. The molecular weight excluding hydrogens is 463 g/mol. The number of hydrogen-bond donors (Lipinski definition) is 0. The summed E-state index contributed by atoms with van der Waals surface area (Å²) in [5.41, 5.74) is 2.54. The van der Waals surface area contributed by atoms with Gasteiger partial charge in [0.15, 0.2) is 0 Å². The molecule has 0 amide bonds. The van der Waals surface area contributed by atoms with Crippen molar-refractivity contribution in [1.82, 2.24) is 4.90 Å². The summed E-state index contributed by atoms with van der Waals surface area (Å²) in [6.45, 7) is 2.54. The predicted molar refractivity (Wildman–Crippen MR) is 121 cm³/mol. The van der Waals surface area contributed by atoms with E-state index in [4.69, 9.17) is 44.3 Å². The van der Waals surface area contributed by atoms with Crippen LogP contribution in [0.3, 0.4) is 0 Å². The molecule has 0 radical (unpaired) electrons. The Balaban J connectivity index is 1.88. The number of ether oxygens (including phenoxy) is 2. The number of fused-ring (bicyclic) bond motifs is 1. The van der Waals surface area contributed by atoms with Crippen LogP contribution in [0.4, 0.5) is 0 Å². The summed E-state index contributed by atoms with van der Waals surface area (Å²) in [5.74, 6) is -0.175. The van der Waals surface area contributed by atoms with Gasteiger partial charge >= 0.3 is 0 Å². The van der Waals surface area contributed by atoms with Crippen molar-refractivity contribution in [3.05, 3.63) is 81.9 Å². The average molecular weight is 484 g/mol. The van der Waals surface area contributed by atoms with Crippen LogP contribution < -0.4 is 4.74 Å². The Bertz CT molecular complexity index is 959. The molecule has 164 valence electrons. The zero-order valence-electron chi connectivity index (χ0n) is 16.5. The Morgan fingerprint density at radius 3 is 2.35 bits per heavy atom. The van der Waals surface area contributed by atoms with E-state index in [1.807, 2.05) is 48.5 Å². The van der Waals surface area contributed by atoms with Gasteiger partial charge in [0.1, 0.15) is 5.75 Å². The van der Waals surface area contributed by atoms with E-state index in [0.29, 0.717) is 37.6 Å². The number of morpholine rings is 1. The smallest absolute Gasteiger partial charge is 0.263 e. The summed E-state index contributed by atoms with van der Waals surface area (Å²) in [4.78, 5) is 14.0. The van der Waals surface area contributed by atoms with E-state index in [9.17, 15) is 10.1 Å². The lowest BCUT2D eigenvalue weighted by Gasteiger charge is -2.38. The van der Waals surface area contributed by atoms with E-state index in [2.05, 4.69) is 4.90 Å². The lowest BCUT2D eigenvalue weighted by atomic mass is 9.84. The minimum Gasteiger partial charge on any atom is -0.478 e. The SMILES string of the molecule is O=[N+]([O-])[C@@H]1[C@H](/C=C(\c2ccccc2)N2CCOCC2)c2ccccc2O[C@H]1C(Cl)(Cl)Cl. The number of para-hydroxylation sites is 1. The van der Waals surface area contributed by atoms with Crippen molar-refractivity contribution in [2.45, 2.75) is 21.9 Å². The first kappa shape index (κ1) is 22.2. The van der Waals surface area contributed by atoms with E-state index in [0.717, 1.165) is 11.3 Å². The third-order valence-corrected chi connectivity index (χ3v) is 6.18. The largest absolute Gasteiger partial charge is 0.478 e. The van der Waals surface area contributed by atoms with Crippen molar-refractivity contribution >= 4 is 40.5 Å². The monoisotopic (exact) mass is 482 g/mol. The summed E-state index contributed by atoms with van der Waals surface area (Å²) in [6.07, 6.45) is 0.671. The highest BCUT2D eigenvalue weighted by atomic mass is 35.6. The number of benzene rings is 2. The van der Waals surface area contributed by atoms with Gasteiger partial charge in [0, 0.05) is 29.3 Å². The van der Waals surface area contributed by atoms with E-state index in [1.54, 1.807) is 12.1 Å². The standard InChI is InChI=1S/C22H21Cl3N2O4/c23-22(24,25)21-20(27(28)29)17(16-8-4-5-9-19(16)31-21)14-18(15-6-2-1-3-7-15)26-10-12-30-13-11-26/h1-9,14,17,20-21H,10-13H2/b18-14+/t17-,20-,21-/m1/s1. The number of hydrogen-bond acceptors (Lipinski definition) is 5. The van der Waals surface area contributed by atoms with Gasteiger partial charge in [0.2, 0.25) is 9.90 Å². The van der Waals surface area contributed by atoms with E-state index in [-0.39, 0.29) is 0 Å².